The van der Waals surface area contributed by atoms with Crippen molar-refractivity contribution in [2.24, 2.45) is 0 Å². The Balaban J connectivity index is 0. The summed E-state index contributed by atoms with van der Waals surface area (Å²) in [6.45, 7) is 1.76. The van der Waals surface area contributed by atoms with E-state index >= 15 is 0 Å². The van der Waals surface area contributed by atoms with E-state index in [9.17, 15) is 39.2 Å². The molecule has 0 saturated heterocycles. The van der Waals surface area contributed by atoms with Crippen LogP contribution in [0.1, 0.15) is 19.4 Å². The Morgan fingerprint density at radius 2 is 1.77 bits per heavy atom. The van der Waals surface area contributed by atoms with Gasteiger partial charge >= 0.3 is 109 Å². The maximum atomic E-state index is 12.1. The number of nitrogens with one attached hydrogen (secondary N) is 2. The first kappa shape index (κ1) is 33.8. The van der Waals surface area contributed by atoms with Gasteiger partial charge in [-0.1, -0.05) is 6.07 Å². The standard InChI is InChI=1S/C16H23N2O10P.2K/c1-3-27-16(24)12(17-9(2)19)8-28-29(25,26)18-11(15(22)23)6-10-4-5-13(20)14(21)7-10;;/h4-5,7,11-12,20-21H,3,6,8H2,1-2H3,(H,17,19)(H,22,23)(H2,18,25,26);;/q;2*+1/p-2/t11-,12-;;/m0../s1. The van der Waals surface area contributed by atoms with Gasteiger partial charge in [0.15, 0.2) is 17.5 Å². The number of aliphatic carboxylic acids is 1. The monoisotopic (exact) mass is 510 g/mol. The number of ether oxygens (including phenoxy) is 1. The first-order valence-corrected chi connectivity index (χ1v) is 9.88. The van der Waals surface area contributed by atoms with E-state index in [4.69, 9.17) is 4.74 Å². The van der Waals surface area contributed by atoms with E-state index in [1.54, 1.807) is 5.09 Å². The summed E-state index contributed by atoms with van der Waals surface area (Å²) >= 11 is 0. The van der Waals surface area contributed by atoms with Gasteiger partial charge in [0.05, 0.1) is 25.2 Å². The second-order valence-corrected chi connectivity index (χ2v) is 7.34. The second-order valence-electron chi connectivity index (χ2n) is 5.83. The van der Waals surface area contributed by atoms with Crippen LogP contribution in [0.4, 0.5) is 0 Å². The average Bonchev–Trinajstić information content (AvgIpc) is 2.60. The van der Waals surface area contributed by atoms with Crippen molar-refractivity contribution < 1.29 is 151 Å². The van der Waals surface area contributed by atoms with Gasteiger partial charge in [0, 0.05) is 6.92 Å². The average molecular weight is 511 g/mol. The van der Waals surface area contributed by atoms with Gasteiger partial charge in [-0.25, -0.2) is 9.88 Å². The van der Waals surface area contributed by atoms with Gasteiger partial charge in [0.25, 0.3) is 0 Å². The van der Waals surface area contributed by atoms with Crippen LogP contribution in [0.3, 0.4) is 0 Å². The van der Waals surface area contributed by atoms with Crippen molar-refractivity contribution in [2.75, 3.05) is 13.2 Å². The first-order valence-electron chi connectivity index (χ1n) is 8.34. The van der Waals surface area contributed by atoms with Crippen molar-refractivity contribution >= 4 is 25.6 Å². The Kier molecular flexibility index (Phi) is 17.7. The molecule has 12 nitrogen and oxygen atoms in total. The van der Waals surface area contributed by atoms with Crippen molar-refractivity contribution in [1.82, 2.24) is 10.4 Å². The minimum absolute atomic E-state index is 0. The molecule has 0 aliphatic carbocycles. The van der Waals surface area contributed by atoms with E-state index in [0.717, 1.165) is 19.1 Å². The summed E-state index contributed by atoms with van der Waals surface area (Å²) in [4.78, 5) is 46.3. The zero-order chi connectivity index (χ0) is 22.2. The molecular weight excluding hydrogens is 489 g/mol. The molecule has 0 saturated carbocycles. The molecule has 0 radical (unpaired) electrons. The molecule has 0 bridgehead atoms. The molecule has 1 rings (SSSR count). The minimum atomic E-state index is -5.01. The van der Waals surface area contributed by atoms with Crippen molar-refractivity contribution in [1.29, 1.82) is 0 Å². The van der Waals surface area contributed by atoms with E-state index in [2.05, 4.69) is 9.84 Å². The van der Waals surface area contributed by atoms with Crippen molar-refractivity contribution in [2.45, 2.75) is 32.4 Å². The molecule has 1 amide bonds. The predicted octanol–water partition coefficient (Wildman–Crippen LogP) is -8.09. The van der Waals surface area contributed by atoms with E-state index < -0.39 is 62.2 Å². The number of rotatable bonds is 11. The first-order chi connectivity index (χ1) is 13.4. The summed E-state index contributed by atoms with van der Waals surface area (Å²) in [6.07, 6.45) is -0.432. The number of aromatic hydroxyl groups is 2. The van der Waals surface area contributed by atoms with Crippen LogP contribution in [-0.4, -0.2) is 53.4 Å². The third-order valence-corrected chi connectivity index (χ3v) is 4.55. The molecule has 0 aliphatic rings. The van der Waals surface area contributed by atoms with E-state index in [-0.39, 0.29) is 115 Å². The molecule has 0 spiro atoms. The van der Waals surface area contributed by atoms with E-state index in [1.807, 2.05) is 0 Å². The fraction of sp³-hybridized carbons (Fsp3) is 0.438. The molecule has 4 N–H and O–H groups in total. The molecular formula is C16H21K2N2O10P. The fourth-order valence-corrected chi connectivity index (χ4v) is 3.17. The van der Waals surface area contributed by atoms with Gasteiger partial charge in [0.1, 0.15) is 0 Å². The Hall–Kier alpha value is 0.613. The quantitative estimate of drug-likeness (QED) is 0.0954. The van der Waals surface area contributed by atoms with Crippen molar-refractivity contribution in [3.63, 3.8) is 0 Å². The van der Waals surface area contributed by atoms with Crippen LogP contribution in [0.15, 0.2) is 18.2 Å². The topological polar surface area (TPSA) is 197 Å². The Morgan fingerprint density at radius 3 is 2.26 bits per heavy atom. The van der Waals surface area contributed by atoms with Crippen LogP contribution in [0.5, 0.6) is 11.5 Å². The SMILES string of the molecule is CCOC(=O)[C@H](COP(=O)([O-])N[C@@H](Cc1ccc(O)c(O)c1)C(=O)[O-])NC(C)=O.[K+].[K+]. The summed E-state index contributed by atoms with van der Waals surface area (Å²) in [6, 6.07) is 0.228. The number of amides is 1. The van der Waals surface area contributed by atoms with E-state index in [1.165, 1.54) is 13.0 Å². The fourth-order valence-electron chi connectivity index (χ4n) is 2.17. The number of phenols is 2. The second kappa shape index (κ2) is 16.3. The van der Waals surface area contributed by atoms with Gasteiger partial charge in [0.2, 0.25) is 13.7 Å². The molecule has 3 atom stereocenters. The van der Waals surface area contributed by atoms with Gasteiger partial charge < -0.3 is 39.6 Å². The number of carboxylic acid groups (broad SMARTS) is 1. The molecule has 0 aliphatic heterocycles. The number of benzene rings is 1. The number of carbonyl (C=O) groups excluding carboxylic acids is 3. The molecule has 162 valence electrons. The summed E-state index contributed by atoms with van der Waals surface area (Å²) in [5.41, 5.74) is 0.185. The Labute approximate surface area is 263 Å². The van der Waals surface area contributed by atoms with Crippen molar-refractivity contribution in [3.8, 4) is 11.5 Å². The molecule has 0 heterocycles. The summed E-state index contributed by atoms with van der Waals surface area (Å²) in [5, 5.41) is 33.9. The van der Waals surface area contributed by atoms with Crippen LogP contribution in [-0.2, 0) is 34.6 Å². The number of phenolic OH excluding ortho intramolecular Hbond substituents is 2. The third-order valence-electron chi connectivity index (χ3n) is 3.44. The van der Waals surface area contributed by atoms with Gasteiger partial charge in [-0.3, -0.25) is 9.36 Å². The van der Waals surface area contributed by atoms with Crippen LogP contribution in [0, 0.1) is 0 Å². The van der Waals surface area contributed by atoms with Crippen LogP contribution in [0.25, 0.3) is 0 Å². The number of hydrogen-bond acceptors (Lipinski definition) is 10. The van der Waals surface area contributed by atoms with E-state index in [0.29, 0.717) is 0 Å². The van der Waals surface area contributed by atoms with Crippen LogP contribution in [0.2, 0.25) is 0 Å². The minimum Gasteiger partial charge on any atom is -0.766 e. The normalized spacial score (nSPS) is 14.0. The number of esters is 1. The summed E-state index contributed by atoms with van der Waals surface area (Å²) in [7, 11) is -5.01. The van der Waals surface area contributed by atoms with Gasteiger partial charge in [-0.2, -0.15) is 0 Å². The van der Waals surface area contributed by atoms with Gasteiger partial charge in [-0.15, -0.1) is 0 Å². The summed E-state index contributed by atoms with van der Waals surface area (Å²) < 4.78 is 21.4. The Morgan fingerprint density at radius 1 is 1.16 bits per heavy atom. The molecule has 1 unspecified atom stereocenters. The largest absolute Gasteiger partial charge is 1.00 e. The zero-order valence-electron chi connectivity index (χ0n) is 17.6. The summed E-state index contributed by atoms with van der Waals surface area (Å²) in [5.74, 6) is -4.30. The zero-order valence-corrected chi connectivity index (χ0v) is 24.8. The van der Waals surface area contributed by atoms with Crippen LogP contribution < -0.4 is 123 Å². The number of carboxylic acids is 1. The van der Waals surface area contributed by atoms with Crippen LogP contribution >= 0.6 is 7.75 Å². The van der Waals surface area contributed by atoms with Gasteiger partial charge in [-0.05, 0) is 31.0 Å². The Bertz CT molecular complexity index is 811. The molecule has 31 heavy (non-hydrogen) atoms. The molecule has 15 heteroatoms. The maximum absolute atomic E-state index is 12.1. The van der Waals surface area contributed by atoms with Crippen molar-refractivity contribution in [3.05, 3.63) is 23.8 Å². The smallest absolute Gasteiger partial charge is 0.766 e. The third kappa shape index (κ3) is 13.2. The number of carbonyl (C=O) groups is 3. The molecule has 0 aromatic heterocycles. The molecule has 1 aromatic rings. The molecule has 0 fully saturated rings. The maximum Gasteiger partial charge on any atom is 1.00 e. The predicted molar refractivity (Wildman–Crippen MR) is 93.2 cm³/mol. The molecule has 1 aromatic carbocycles. The number of hydrogen-bond donors (Lipinski definition) is 4.